The summed E-state index contributed by atoms with van der Waals surface area (Å²) in [4.78, 5) is 10.5. The van der Waals surface area contributed by atoms with Crippen LogP contribution in [0.15, 0.2) is 0 Å². The fourth-order valence-corrected chi connectivity index (χ4v) is 5.69. The average molecular weight is 433 g/mol. The number of carbonyl (C=O) groups excluding carboxylic acids is 1. The number of halogens is 1. The van der Waals surface area contributed by atoms with Gasteiger partial charge in [-0.1, -0.05) is 22.6 Å². The van der Waals surface area contributed by atoms with Gasteiger partial charge < -0.3 is 24.0 Å². The molecule has 0 heterocycles. The van der Waals surface area contributed by atoms with Gasteiger partial charge in [0.05, 0.1) is 12.8 Å². The third-order valence-corrected chi connectivity index (χ3v) is 7.07. The van der Waals surface area contributed by atoms with Crippen LogP contribution in [0, 0.1) is 0 Å². The Hall–Kier alpha value is 0.535. The van der Waals surface area contributed by atoms with Crippen LogP contribution < -0.4 is 5.23 Å². The van der Waals surface area contributed by atoms with E-state index in [9.17, 15) is 9.36 Å². The molecule has 0 amide bonds. The van der Waals surface area contributed by atoms with Crippen LogP contribution >= 0.6 is 30.0 Å². The Balaban J connectivity index is 5.25. The molecule has 0 saturated carbocycles. The maximum absolute atomic E-state index is 13.3. The van der Waals surface area contributed by atoms with Crippen LogP contribution in [0.25, 0.3) is 0 Å². The summed E-state index contributed by atoms with van der Waals surface area (Å²) in [5.41, 5.74) is -1.26. The largest absolute Gasteiger partial charge is 0.349 e. The lowest BCUT2D eigenvalue weighted by molar-refractivity contribution is -0.168. The van der Waals surface area contributed by atoms with Crippen molar-refractivity contribution in [2.24, 2.45) is 0 Å². The van der Waals surface area contributed by atoms with Gasteiger partial charge in [0.25, 0.3) is 14.8 Å². The molecule has 0 bridgehead atoms. The van der Waals surface area contributed by atoms with E-state index in [0.717, 1.165) is 6.19 Å². The number of hydrogen-bond donors (Lipinski definition) is 1. The highest BCUT2D eigenvalue weighted by molar-refractivity contribution is 14.1. The summed E-state index contributed by atoms with van der Waals surface area (Å²) in [6.45, 7) is 8.19. The van der Waals surface area contributed by atoms with Crippen LogP contribution in [-0.2, 0) is 23.4 Å². The minimum atomic E-state index is -3.21. The summed E-state index contributed by atoms with van der Waals surface area (Å²) >= 11 is 2.19. The first-order valence-electron chi connectivity index (χ1n) is 7.17. The van der Waals surface area contributed by atoms with Crippen LogP contribution in [0.2, 0.25) is 0 Å². The van der Waals surface area contributed by atoms with Crippen LogP contribution in [0.3, 0.4) is 0 Å². The highest BCUT2D eigenvalue weighted by atomic mass is 127. The molecule has 124 valence electrons. The minimum Gasteiger partial charge on any atom is -0.349 e. The van der Waals surface area contributed by atoms with E-state index in [1.807, 2.05) is 13.8 Å². The van der Waals surface area contributed by atoms with E-state index >= 15 is 0 Å². The Morgan fingerprint density at radius 1 is 1.29 bits per heavy atom. The Kier molecular flexibility index (Phi) is 11.4. The summed E-state index contributed by atoms with van der Waals surface area (Å²) in [6, 6.07) is -0.103. The molecule has 1 N–H and O–H groups in total. The molecule has 0 saturated heterocycles. The summed E-state index contributed by atoms with van der Waals surface area (Å²) in [6.07, 6.45) is 1.04. The molecule has 0 aromatic rings. The second kappa shape index (κ2) is 11.1. The van der Waals surface area contributed by atoms with Gasteiger partial charge in [0.2, 0.25) is 5.53 Å². The van der Waals surface area contributed by atoms with Gasteiger partial charge in [-0.25, -0.2) is 0 Å². The standard InChI is InChI=1S/C12H26BINO5P/c1-5-18-12(4,19-6-2)21(17,20-7-3)9-11(8-14)15-13-10-16/h10-11,13,15H,5-9H2,1-4H3/t11-,21?/m1/s1. The highest BCUT2D eigenvalue weighted by Gasteiger charge is 2.48. The third kappa shape index (κ3) is 6.66. The molecule has 0 spiro atoms. The van der Waals surface area contributed by atoms with E-state index in [-0.39, 0.29) is 19.6 Å². The van der Waals surface area contributed by atoms with Crippen molar-refractivity contribution in [2.75, 3.05) is 30.4 Å². The van der Waals surface area contributed by atoms with Gasteiger partial charge in [-0.15, -0.1) is 0 Å². The topological polar surface area (TPSA) is 73.9 Å². The van der Waals surface area contributed by atoms with Gasteiger partial charge in [-0.2, -0.15) is 0 Å². The number of nitrogens with one attached hydrogen (secondary N) is 1. The van der Waals surface area contributed by atoms with Crippen molar-refractivity contribution < 1.29 is 23.4 Å². The van der Waals surface area contributed by atoms with Gasteiger partial charge in [0.1, 0.15) is 0 Å². The van der Waals surface area contributed by atoms with Crippen LogP contribution in [0.1, 0.15) is 27.7 Å². The normalized spacial score (nSPS) is 16.2. The molecule has 9 heteroatoms. The lowest BCUT2D eigenvalue weighted by Gasteiger charge is -2.37. The molecule has 21 heavy (non-hydrogen) atoms. The molecule has 6 nitrogen and oxygen atoms in total. The molecule has 2 atom stereocenters. The van der Waals surface area contributed by atoms with Crippen LogP contribution in [0.5, 0.6) is 0 Å². The van der Waals surface area contributed by atoms with E-state index in [1.165, 1.54) is 0 Å². The fraction of sp³-hybridized carbons (Fsp3) is 0.917. The Labute approximate surface area is 141 Å². The summed E-state index contributed by atoms with van der Waals surface area (Å²) in [5, 5.41) is 3.05. The first-order valence-corrected chi connectivity index (χ1v) is 10.5. The van der Waals surface area contributed by atoms with E-state index < -0.39 is 12.9 Å². The quantitative estimate of drug-likeness (QED) is 0.120. The number of ether oxygens (including phenoxy) is 2. The molecule has 0 aromatic carbocycles. The molecule has 0 rings (SSSR count). The highest BCUT2D eigenvalue weighted by Crippen LogP contribution is 2.60. The molecule has 0 aliphatic heterocycles. The fourth-order valence-electron chi connectivity index (χ4n) is 1.99. The summed E-state index contributed by atoms with van der Waals surface area (Å²) in [7, 11) is -2.99. The zero-order valence-electron chi connectivity index (χ0n) is 13.3. The van der Waals surface area contributed by atoms with Crippen LogP contribution in [0.4, 0.5) is 0 Å². The summed E-state index contributed by atoms with van der Waals surface area (Å²) < 4.78 is 30.9. The molecular weight excluding hydrogens is 407 g/mol. The van der Waals surface area contributed by atoms with Gasteiger partial charge in [0, 0.05) is 29.8 Å². The Morgan fingerprint density at radius 3 is 2.24 bits per heavy atom. The van der Waals surface area contributed by atoms with Crippen molar-refractivity contribution in [3.05, 3.63) is 0 Å². The third-order valence-electron chi connectivity index (χ3n) is 2.92. The minimum absolute atomic E-state index is 0.103. The monoisotopic (exact) mass is 433 g/mol. The Bertz CT molecular complexity index is 342. The van der Waals surface area contributed by atoms with E-state index in [0.29, 0.717) is 24.2 Å². The molecule has 0 radical (unpaired) electrons. The van der Waals surface area contributed by atoms with Gasteiger partial charge in [-0.3, -0.25) is 4.57 Å². The second-order valence-electron chi connectivity index (χ2n) is 4.46. The zero-order valence-corrected chi connectivity index (χ0v) is 16.3. The molecule has 0 aliphatic rings. The smallest absolute Gasteiger partial charge is 0.278 e. The Morgan fingerprint density at radius 2 is 1.86 bits per heavy atom. The van der Waals surface area contributed by atoms with Gasteiger partial charge in [-0.05, 0) is 27.7 Å². The van der Waals surface area contributed by atoms with Crippen molar-refractivity contribution in [1.29, 1.82) is 0 Å². The lowest BCUT2D eigenvalue weighted by atomic mass is 9.97. The summed E-state index contributed by atoms with van der Waals surface area (Å²) in [5.74, 6) is 0. The van der Waals surface area contributed by atoms with Crippen molar-refractivity contribution >= 4 is 43.6 Å². The lowest BCUT2D eigenvalue weighted by Crippen LogP contribution is -2.42. The molecule has 0 fully saturated rings. The first kappa shape index (κ1) is 21.5. The predicted octanol–water partition coefficient (Wildman–Crippen LogP) is 1.98. The maximum atomic E-state index is 13.3. The van der Waals surface area contributed by atoms with Crippen LogP contribution in [-0.4, -0.2) is 55.6 Å². The van der Waals surface area contributed by atoms with Crippen molar-refractivity contribution in [2.45, 2.75) is 39.3 Å². The second-order valence-corrected chi connectivity index (χ2v) is 8.13. The number of carbonyl (C=O) groups is 1. The SMILES string of the molecule is CCOC(C)(OCC)P(=O)(C[C@@H](CI)NBC=O)OCC. The molecule has 0 aliphatic carbocycles. The average Bonchev–Trinajstić information content (AvgIpc) is 2.44. The predicted molar refractivity (Wildman–Crippen MR) is 95.5 cm³/mol. The molecule has 1 unspecified atom stereocenters. The zero-order chi connectivity index (χ0) is 16.4. The van der Waals surface area contributed by atoms with E-state index in [2.05, 4.69) is 27.8 Å². The maximum Gasteiger partial charge on any atom is 0.278 e. The number of hydrogen-bond acceptors (Lipinski definition) is 6. The number of alkyl halides is 1. The van der Waals surface area contributed by atoms with Crippen molar-refractivity contribution in [3.63, 3.8) is 0 Å². The molecule has 0 aromatic heterocycles. The van der Waals surface area contributed by atoms with E-state index in [4.69, 9.17) is 14.0 Å². The molecular formula is C12H26BINO5P. The van der Waals surface area contributed by atoms with Crippen molar-refractivity contribution in [3.8, 4) is 0 Å². The van der Waals surface area contributed by atoms with Gasteiger partial charge >= 0.3 is 0 Å². The number of rotatable bonds is 13. The van der Waals surface area contributed by atoms with E-state index in [1.54, 1.807) is 13.8 Å². The first-order chi connectivity index (χ1) is 9.92. The van der Waals surface area contributed by atoms with Gasteiger partial charge in [0.15, 0.2) is 0 Å². The van der Waals surface area contributed by atoms with Crippen molar-refractivity contribution in [1.82, 2.24) is 5.23 Å².